The van der Waals surface area contributed by atoms with Gasteiger partial charge in [-0.1, -0.05) is 0 Å². The van der Waals surface area contributed by atoms with E-state index in [1.165, 1.54) is 21.8 Å². The minimum absolute atomic E-state index is 0.0720. The van der Waals surface area contributed by atoms with Crippen LogP contribution in [0.15, 0.2) is 17.4 Å². The largest absolute Gasteiger partial charge is 0.368 e. The van der Waals surface area contributed by atoms with Gasteiger partial charge in [-0.15, -0.1) is 0 Å². The Morgan fingerprint density at radius 2 is 2.13 bits per heavy atom. The number of fused-ring (bicyclic) bond motifs is 1. The normalized spacial score (nSPS) is 10.7. The topological polar surface area (TPSA) is 95.8 Å². The van der Waals surface area contributed by atoms with Crippen molar-refractivity contribution in [2.45, 2.75) is 6.54 Å². The predicted molar refractivity (Wildman–Crippen MR) is 52.0 cm³/mol. The second kappa shape index (κ2) is 3.19. The van der Waals surface area contributed by atoms with Crippen LogP contribution in [0.5, 0.6) is 0 Å². The van der Waals surface area contributed by atoms with Gasteiger partial charge in [0.15, 0.2) is 11.2 Å². The van der Waals surface area contributed by atoms with Gasteiger partial charge < -0.3 is 14.9 Å². The molecule has 78 valence electrons. The number of hydrogen-bond donors (Lipinski definition) is 1. The van der Waals surface area contributed by atoms with Gasteiger partial charge in [0.25, 0.3) is 5.56 Å². The maximum atomic E-state index is 11.7. The van der Waals surface area contributed by atoms with Gasteiger partial charge in [-0.25, -0.2) is 9.97 Å². The first-order valence-electron chi connectivity index (χ1n) is 4.24. The fourth-order valence-electron chi connectivity index (χ4n) is 1.33. The van der Waals surface area contributed by atoms with Crippen molar-refractivity contribution in [3.05, 3.63) is 23.0 Å². The number of primary amides is 1. The molecule has 2 aromatic rings. The van der Waals surface area contributed by atoms with E-state index in [-0.39, 0.29) is 12.1 Å². The van der Waals surface area contributed by atoms with Crippen LogP contribution in [0, 0.1) is 0 Å². The van der Waals surface area contributed by atoms with Crippen molar-refractivity contribution < 1.29 is 4.79 Å². The quantitative estimate of drug-likeness (QED) is 0.656. The van der Waals surface area contributed by atoms with E-state index in [0.717, 1.165) is 0 Å². The van der Waals surface area contributed by atoms with Crippen LogP contribution < -0.4 is 11.3 Å². The highest BCUT2D eigenvalue weighted by molar-refractivity contribution is 5.77. The second-order valence-electron chi connectivity index (χ2n) is 3.17. The molecule has 2 N–H and O–H groups in total. The van der Waals surface area contributed by atoms with Crippen molar-refractivity contribution >= 4 is 17.1 Å². The molecule has 0 aliphatic heterocycles. The van der Waals surface area contributed by atoms with Crippen LogP contribution in [0.1, 0.15) is 0 Å². The zero-order chi connectivity index (χ0) is 11.0. The number of imidazole rings is 1. The third kappa shape index (κ3) is 1.47. The first kappa shape index (κ1) is 9.38. The predicted octanol–water partition coefficient (Wildman–Crippen LogP) is -1.38. The number of carbonyl (C=O) groups excluding carboxylic acids is 1. The van der Waals surface area contributed by atoms with Crippen molar-refractivity contribution in [2.24, 2.45) is 12.8 Å². The van der Waals surface area contributed by atoms with Gasteiger partial charge in [0.05, 0.1) is 12.7 Å². The molecule has 0 fully saturated rings. The second-order valence-corrected chi connectivity index (χ2v) is 3.17. The zero-order valence-electron chi connectivity index (χ0n) is 8.04. The third-order valence-corrected chi connectivity index (χ3v) is 2.02. The maximum absolute atomic E-state index is 11.7. The molecule has 0 aliphatic carbocycles. The molecule has 7 nitrogen and oxygen atoms in total. The van der Waals surface area contributed by atoms with Crippen molar-refractivity contribution in [3.8, 4) is 0 Å². The highest BCUT2D eigenvalue weighted by atomic mass is 16.1. The summed E-state index contributed by atoms with van der Waals surface area (Å²) in [5.74, 6) is -0.528. The molecule has 0 unspecified atom stereocenters. The summed E-state index contributed by atoms with van der Waals surface area (Å²) in [4.78, 5) is 30.3. The third-order valence-electron chi connectivity index (χ3n) is 2.02. The lowest BCUT2D eigenvalue weighted by atomic mass is 10.5. The van der Waals surface area contributed by atoms with Gasteiger partial charge in [0.2, 0.25) is 5.91 Å². The van der Waals surface area contributed by atoms with E-state index >= 15 is 0 Å². The Labute approximate surface area is 84.2 Å². The average Bonchev–Trinajstić information content (AvgIpc) is 2.55. The number of aryl methyl sites for hydroxylation is 1. The Morgan fingerprint density at radius 3 is 2.80 bits per heavy atom. The van der Waals surface area contributed by atoms with Gasteiger partial charge in [0.1, 0.15) is 6.54 Å². The SMILES string of the molecule is Cn1cnc2ncn(CC(N)=O)c2c1=O. The van der Waals surface area contributed by atoms with Crippen molar-refractivity contribution in [3.63, 3.8) is 0 Å². The lowest BCUT2D eigenvalue weighted by molar-refractivity contribution is -0.118. The van der Waals surface area contributed by atoms with E-state index in [2.05, 4.69) is 9.97 Å². The van der Waals surface area contributed by atoms with Crippen LogP contribution in [0.3, 0.4) is 0 Å². The summed E-state index contributed by atoms with van der Waals surface area (Å²) >= 11 is 0. The summed E-state index contributed by atoms with van der Waals surface area (Å²) in [6.45, 7) is -0.0720. The lowest BCUT2D eigenvalue weighted by Crippen LogP contribution is -2.23. The number of nitrogens with two attached hydrogens (primary N) is 1. The minimum atomic E-state index is -0.528. The number of rotatable bonds is 2. The molecule has 2 rings (SSSR count). The van der Waals surface area contributed by atoms with E-state index < -0.39 is 5.91 Å². The Hall–Kier alpha value is -2.18. The van der Waals surface area contributed by atoms with Gasteiger partial charge in [-0.05, 0) is 0 Å². The summed E-state index contributed by atoms with van der Waals surface area (Å²) in [5.41, 5.74) is 5.40. The highest BCUT2D eigenvalue weighted by Gasteiger charge is 2.10. The molecular formula is C8H9N5O2. The number of nitrogens with zero attached hydrogens (tertiary/aromatic N) is 4. The number of amides is 1. The first-order valence-corrected chi connectivity index (χ1v) is 4.24. The van der Waals surface area contributed by atoms with Crippen LogP contribution in [-0.2, 0) is 18.4 Å². The fraction of sp³-hybridized carbons (Fsp3) is 0.250. The molecule has 0 atom stereocenters. The lowest BCUT2D eigenvalue weighted by Gasteiger charge is -2.00. The minimum Gasteiger partial charge on any atom is -0.368 e. The van der Waals surface area contributed by atoms with Crippen LogP contribution in [-0.4, -0.2) is 25.0 Å². The van der Waals surface area contributed by atoms with Gasteiger partial charge in [-0.2, -0.15) is 0 Å². The Balaban J connectivity index is 2.72. The fourth-order valence-corrected chi connectivity index (χ4v) is 1.33. The molecule has 0 saturated carbocycles. The monoisotopic (exact) mass is 207 g/mol. The molecular weight excluding hydrogens is 198 g/mol. The molecule has 0 aliphatic rings. The molecule has 2 aromatic heterocycles. The van der Waals surface area contributed by atoms with E-state index in [1.807, 2.05) is 0 Å². The van der Waals surface area contributed by atoms with E-state index in [0.29, 0.717) is 11.2 Å². The number of hydrogen-bond acceptors (Lipinski definition) is 4. The average molecular weight is 207 g/mol. The molecule has 2 heterocycles. The molecule has 0 radical (unpaired) electrons. The molecule has 1 amide bonds. The van der Waals surface area contributed by atoms with E-state index in [9.17, 15) is 9.59 Å². The van der Waals surface area contributed by atoms with Crippen molar-refractivity contribution in [1.29, 1.82) is 0 Å². The van der Waals surface area contributed by atoms with E-state index in [1.54, 1.807) is 7.05 Å². The Morgan fingerprint density at radius 1 is 1.47 bits per heavy atom. The molecule has 15 heavy (non-hydrogen) atoms. The standard InChI is InChI=1S/C8H9N5O2/c1-12-3-10-7-6(8(12)15)13(4-11-7)2-5(9)14/h3-4H,2H2,1H3,(H2,9,14). The summed E-state index contributed by atoms with van der Waals surface area (Å²) in [6.07, 6.45) is 2.76. The van der Waals surface area contributed by atoms with Crippen LogP contribution >= 0.6 is 0 Å². The van der Waals surface area contributed by atoms with E-state index in [4.69, 9.17) is 5.73 Å². The first-order chi connectivity index (χ1) is 7.09. The molecule has 0 bridgehead atoms. The molecule has 0 saturated heterocycles. The summed E-state index contributed by atoms with van der Waals surface area (Å²) in [6, 6.07) is 0. The molecule has 0 aromatic carbocycles. The number of aromatic nitrogens is 4. The molecule has 7 heteroatoms. The van der Waals surface area contributed by atoms with Gasteiger partial charge >= 0.3 is 0 Å². The van der Waals surface area contributed by atoms with Gasteiger partial charge in [-0.3, -0.25) is 9.59 Å². The van der Waals surface area contributed by atoms with Crippen LogP contribution in [0.4, 0.5) is 0 Å². The van der Waals surface area contributed by atoms with Crippen molar-refractivity contribution in [2.75, 3.05) is 0 Å². The zero-order valence-corrected chi connectivity index (χ0v) is 8.04. The van der Waals surface area contributed by atoms with Crippen LogP contribution in [0.25, 0.3) is 11.2 Å². The van der Waals surface area contributed by atoms with Crippen molar-refractivity contribution in [1.82, 2.24) is 19.1 Å². The maximum Gasteiger partial charge on any atom is 0.279 e. The summed E-state index contributed by atoms with van der Waals surface area (Å²) < 4.78 is 2.72. The van der Waals surface area contributed by atoms with Crippen LogP contribution in [0.2, 0.25) is 0 Å². The Bertz CT molecular complexity index is 582. The summed E-state index contributed by atoms with van der Waals surface area (Å²) in [5, 5.41) is 0. The highest BCUT2D eigenvalue weighted by Crippen LogP contribution is 2.03. The number of carbonyl (C=O) groups is 1. The Kier molecular flexibility index (Phi) is 2.00. The summed E-state index contributed by atoms with van der Waals surface area (Å²) in [7, 11) is 1.58. The van der Waals surface area contributed by atoms with Gasteiger partial charge in [0, 0.05) is 7.05 Å². The smallest absolute Gasteiger partial charge is 0.279 e. The molecule has 0 spiro atoms.